The number of benzene rings is 2. The van der Waals surface area contributed by atoms with Crippen LogP contribution >= 0.6 is 0 Å². The highest BCUT2D eigenvalue weighted by Crippen LogP contribution is 2.28. The molecule has 1 heterocycles. The topological polar surface area (TPSA) is 30.8 Å². The molecule has 114 valence electrons. The summed E-state index contributed by atoms with van der Waals surface area (Å²) in [5.74, 6) is 0.295. The molecule has 0 amide bonds. The summed E-state index contributed by atoms with van der Waals surface area (Å²) in [5, 5.41) is 0. The first-order valence-electron chi connectivity index (χ1n) is 6.63. The largest absolute Gasteiger partial charge is 0.573 e. The molecular weight excluding hydrogens is 295 g/mol. The summed E-state index contributed by atoms with van der Waals surface area (Å²) < 4.78 is 45.8. The molecule has 3 nitrogen and oxygen atoms in total. The van der Waals surface area contributed by atoms with E-state index in [4.69, 9.17) is 4.74 Å². The number of ether oxygens (including phenoxy) is 2. The van der Waals surface area contributed by atoms with Gasteiger partial charge in [-0.15, -0.1) is 13.2 Å². The van der Waals surface area contributed by atoms with Crippen LogP contribution in [0.4, 0.5) is 13.2 Å². The zero-order valence-electron chi connectivity index (χ0n) is 11.4. The van der Waals surface area contributed by atoms with Crippen LogP contribution in [-0.2, 0) is 4.74 Å². The van der Waals surface area contributed by atoms with Crippen LogP contribution in [0.1, 0.15) is 17.2 Å². The number of hydrogen-bond acceptors (Lipinski definition) is 3. The molecule has 1 atom stereocenters. The van der Waals surface area contributed by atoms with Crippen molar-refractivity contribution in [3.8, 4) is 5.75 Å². The SMILES string of the molecule is FC(F)(F)Oc1ccc([C@@H]2COC(c3ccccc3)=N2)cc1. The van der Waals surface area contributed by atoms with Crippen LogP contribution in [0.15, 0.2) is 59.6 Å². The van der Waals surface area contributed by atoms with Crippen LogP contribution in [0.3, 0.4) is 0 Å². The molecule has 0 bridgehead atoms. The molecule has 0 aliphatic carbocycles. The smallest absolute Gasteiger partial charge is 0.475 e. The molecule has 22 heavy (non-hydrogen) atoms. The number of alkyl halides is 3. The van der Waals surface area contributed by atoms with Gasteiger partial charge in [0.05, 0.1) is 0 Å². The lowest BCUT2D eigenvalue weighted by molar-refractivity contribution is -0.274. The summed E-state index contributed by atoms with van der Waals surface area (Å²) >= 11 is 0. The fourth-order valence-electron chi connectivity index (χ4n) is 2.17. The van der Waals surface area contributed by atoms with E-state index in [-0.39, 0.29) is 11.8 Å². The molecule has 0 fully saturated rings. The maximum Gasteiger partial charge on any atom is 0.573 e. The Balaban J connectivity index is 1.74. The van der Waals surface area contributed by atoms with Gasteiger partial charge in [-0.2, -0.15) is 0 Å². The summed E-state index contributed by atoms with van der Waals surface area (Å²) in [4.78, 5) is 4.46. The van der Waals surface area contributed by atoms with Gasteiger partial charge in [0.2, 0.25) is 5.90 Å². The quantitative estimate of drug-likeness (QED) is 0.854. The summed E-state index contributed by atoms with van der Waals surface area (Å²) in [5.41, 5.74) is 1.66. The van der Waals surface area contributed by atoms with Crippen molar-refractivity contribution in [2.75, 3.05) is 6.61 Å². The monoisotopic (exact) mass is 307 g/mol. The van der Waals surface area contributed by atoms with E-state index in [1.807, 2.05) is 30.3 Å². The molecule has 0 spiro atoms. The Morgan fingerprint density at radius 3 is 2.32 bits per heavy atom. The predicted octanol–water partition coefficient (Wildman–Crippen LogP) is 4.10. The summed E-state index contributed by atoms with van der Waals surface area (Å²) in [7, 11) is 0. The highest BCUT2D eigenvalue weighted by molar-refractivity contribution is 5.95. The van der Waals surface area contributed by atoms with Crippen LogP contribution in [0.25, 0.3) is 0 Å². The molecule has 1 aliphatic rings. The minimum absolute atomic E-state index is 0.227. The third kappa shape index (κ3) is 3.39. The van der Waals surface area contributed by atoms with Gasteiger partial charge >= 0.3 is 6.36 Å². The Morgan fingerprint density at radius 2 is 1.68 bits per heavy atom. The average Bonchev–Trinajstić information content (AvgIpc) is 2.97. The molecule has 3 rings (SSSR count). The Bertz CT molecular complexity index is 666. The van der Waals surface area contributed by atoms with E-state index in [0.717, 1.165) is 11.1 Å². The molecule has 0 saturated heterocycles. The van der Waals surface area contributed by atoms with E-state index < -0.39 is 6.36 Å². The standard InChI is InChI=1S/C16H12F3NO2/c17-16(18,19)22-13-8-6-11(7-9-13)14-10-21-15(20-14)12-4-2-1-3-5-12/h1-9,14H,10H2/t14-/m0/s1. The van der Waals surface area contributed by atoms with Crippen molar-refractivity contribution in [1.82, 2.24) is 0 Å². The Morgan fingerprint density at radius 1 is 1.00 bits per heavy atom. The summed E-state index contributed by atoms with van der Waals surface area (Å²) in [6.45, 7) is 0.365. The molecule has 0 unspecified atom stereocenters. The minimum atomic E-state index is -4.68. The van der Waals surface area contributed by atoms with Crippen molar-refractivity contribution in [3.63, 3.8) is 0 Å². The van der Waals surface area contributed by atoms with Crippen LogP contribution in [0, 0.1) is 0 Å². The van der Waals surface area contributed by atoms with Gasteiger partial charge in [-0.1, -0.05) is 30.3 Å². The van der Waals surface area contributed by atoms with Crippen molar-refractivity contribution in [3.05, 3.63) is 65.7 Å². The van der Waals surface area contributed by atoms with Gasteiger partial charge in [0.1, 0.15) is 18.4 Å². The van der Waals surface area contributed by atoms with Gasteiger partial charge in [-0.05, 0) is 29.8 Å². The Labute approximate surface area is 125 Å². The highest BCUT2D eigenvalue weighted by Gasteiger charge is 2.31. The maximum absolute atomic E-state index is 12.1. The molecule has 6 heteroatoms. The van der Waals surface area contributed by atoms with E-state index in [1.54, 1.807) is 12.1 Å². The van der Waals surface area contributed by atoms with E-state index in [2.05, 4.69) is 9.73 Å². The van der Waals surface area contributed by atoms with Gasteiger partial charge < -0.3 is 9.47 Å². The predicted molar refractivity (Wildman–Crippen MR) is 74.8 cm³/mol. The van der Waals surface area contributed by atoms with Crippen molar-refractivity contribution in [2.45, 2.75) is 12.4 Å². The average molecular weight is 307 g/mol. The zero-order chi connectivity index (χ0) is 15.6. The second-order valence-corrected chi connectivity index (χ2v) is 4.74. The van der Waals surface area contributed by atoms with Crippen molar-refractivity contribution < 1.29 is 22.6 Å². The number of hydrogen-bond donors (Lipinski definition) is 0. The lowest BCUT2D eigenvalue weighted by atomic mass is 10.1. The van der Waals surface area contributed by atoms with Gasteiger partial charge in [0, 0.05) is 5.56 Å². The number of halogens is 3. The summed E-state index contributed by atoms with van der Waals surface area (Å²) in [6, 6.07) is 14.9. The molecule has 1 aliphatic heterocycles. The lowest BCUT2D eigenvalue weighted by Gasteiger charge is -2.10. The maximum atomic E-state index is 12.1. The van der Waals surface area contributed by atoms with Gasteiger partial charge in [0.25, 0.3) is 0 Å². The van der Waals surface area contributed by atoms with Crippen LogP contribution in [0.2, 0.25) is 0 Å². The van der Waals surface area contributed by atoms with Crippen molar-refractivity contribution in [1.29, 1.82) is 0 Å². The Kier molecular flexibility index (Phi) is 3.75. The van der Waals surface area contributed by atoms with Gasteiger partial charge in [-0.25, -0.2) is 4.99 Å². The molecule has 0 N–H and O–H groups in total. The normalized spacial score (nSPS) is 17.8. The van der Waals surface area contributed by atoms with E-state index in [1.165, 1.54) is 12.1 Å². The first-order chi connectivity index (χ1) is 10.5. The van der Waals surface area contributed by atoms with E-state index in [9.17, 15) is 13.2 Å². The second kappa shape index (κ2) is 5.71. The zero-order valence-corrected chi connectivity index (χ0v) is 11.4. The Hall–Kier alpha value is -2.50. The van der Waals surface area contributed by atoms with Gasteiger partial charge in [0.15, 0.2) is 0 Å². The highest BCUT2D eigenvalue weighted by atomic mass is 19.4. The number of rotatable bonds is 3. The molecule has 0 radical (unpaired) electrons. The minimum Gasteiger partial charge on any atom is -0.475 e. The fourth-order valence-corrected chi connectivity index (χ4v) is 2.17. The summed E-state index contributed by atoms with van der Waals surface area (Å²) in [6.07, 6.45) is -4.68. The fraction of sp³-hybridized carbons (Fsp3) is 0.188. The molecular formula is C16H12F3NO2. The van der Waals surface area contributed by atoms with Crippen LogP contribution in [-0.4, -0.2) is 18.9 Å². The van der Waals surface area contributed by atoms with Gasteiger partial charge in [-0.3, -0.25) is 0 Å². The third-order valence-corrected chi connectivity index (χ3v) is 3.17. The lowest BCUT2D eigenvalue weighted by Crippen LogP contribution is -2.17. The van der Waals surface area contributed by atoms with Crippen LogP contribution < -0.4 is 4.74 Å². The second-order valence-electron chi connectivity index (χ2n) is 4.74. The first kappa shape index (κ1) is 14.4. The van der Waals surface area contributed by atoms with Crippen LogP contribution in [0.5, 0.6) is 5.75 Å². The van der Waals surface area contributed by atoms with Crippen molar-refractivity contribution in [2.24, 2.45) is 4.99 Å². The first-order valence-corrected chi connectivity index (χ1v) is 6.63. The molecule has 0 aromatic heterocycles. The molecule has 2 aromatic carbocycles. The third-order valence-electron chi connectivity index (χ3n) is 3.17. The van der Waals surface area contributed by atoms with E-state index in [0.29, 0.717) is 12.5 Å². The van der Waals surface area contributed by atoms with Crippen molar-refractivity contribution >= 4 is 5.90 Å². The van der Waals surface area contributed by atoms with E-state index >= 15 is 0 Å². The molecule has 0 saturated carbocycles. The molecule has 2 aromatic rings. The number of nitrogens with zero attached hydrogens (tertiary/aromatic N) is 1. The number of aliphatic imine (C=N–C) groups is 1.